The lowest BCUT2D eigenvalue weighted by atomic mass is 10.1. The lowest BCUT2D eigenvalue weighted by molar-refractivity contribution is -0.118. The number of rotatable bonds is 7. The van der Waals surface area contributed by atoms with Gasteiger partial charge in [-0.25, -0.2) is 0 Å². The maximum atomic E-state index is 12.2. The summed E-state index contributed by atoms with van der Waals surface area (Å²) in [4.78, 5) is 14.2. The van der Waals surface area contributed by atoms with Crippen molar-refractivity contribution in [3.63, 3.8) is 0 Å². The highest BCUT2D eigenvalue weighted by molar-refractivity contribution is 5.93. The Bertz CT molecular complexity index is 431. The van der Waals surface area contributed by atoms with Crippen molar-refractivity contribution in [1.82, 2.24) is 15.5 Å². The molecule has 1 aliphatic rings. The molecule has 1 aliphatic heterocycles. The van der Waals surface area contributed by atoms with Crippen LogP contribution in [0.25, 0.3) is 0 Å². The van der Waals surface area contributed by atoms with Crippen LogP contribution in [-0.4, -0.2) is 30.6 Å². The van der Waals surface area contributed by atoms with E-state index in [1.54, 1.807) is 0 Å². The van der Waals surface area contributed by atoms with E-state index < -0.39 is 0 Å². The third kappa shape index (κ3) is 5.29. The van der Waals surface area contributed by atoms with Crippen LogP contribution in [-0.2, 0) is 4.79 Å². The summed E-state index contributed by atoms with van der Waals surface area (Å²) in [6.07, 6.45) is 8.04. The molecule has 0 bridgehead atoms. The Morgan fingerprint density at radius 3 is 2.52 bits per heavy atom. The summed E-state index contributed by atoms with van der Waals surface area (Å²) in [5.41, 5.74) is 2.65. The molecule has 1 heterocycles. The van der Waals surface area contributed by atoms with Crippen LogP contribution < -0.4 is 10.6 Å². The van der Waals surface area contributed by atoms with Crippen LogP contribution in [0.1, 0.15) is 46.5 Å². The topological polar surface area (TPSA) is 44.4 Å². The summed E-state index contributed by atoms with van der Waals surface area (Å²) in [5, 5.41) is 6.37. The number of carbonyl (C=O) groups excluding carboxylic acids is 1. The lowest BCUT2D eigenvalue weighted by Gasteiger charge is -2.17. The summed E-state index contributed by atoms with van der Waals surface area (Å²) in [6, 6.07) is 0.286. The standard InChI is InChI=1S/C17H29N3O/c1-6-8-15(9-7-2)19-17(21)13(3)10-11-16-14(4)20(5)12-18-16/h10-11,15,18H,4,6-9,12H2,1-3,5H3,(H,19,21)/b13-10+,16-11+. The Morgan fingerprint density at radius 1 is 1.43 bits per heavy atom. The van der Waals surface area contributed by atoms with Gasteiger partial charge < -0.3 is 15.5 Å². The molecule has 1 saturated heterocycles. The molecule has 0 aromatic heterocycles. The van der Waals surface area contributed by atoms with Crippen molar-refractivity contribution in [3.05, 3.63) is 35.7 Å². The van der Waals surface area contributed by atoms with Gasteiger partial charge in [-0.3, -0.25) is 4.79 Å². The number of nitrogens with zero attached hydrogens (tertiary/aromatic N) is 1. The average molecular weight is 291 g/mol. The van der Waals surface area contributed by atoms with E-state index in [-0.39, 0.29) is 11.9 Å². The Balaban J connectivity index is 2.62. The highest BCUT2D eigenvalue weighted by Crippen LogP contribution is 2.15. The summed E-state index contributed by atoms with van der Waals surface area (Å²) in [5.74, 6) is 0.0238. The Kier molecular flexibility index (Phi) is 7.06. The maximum absolute atomic E-state index is 12.2. The zero-order valence-electron chi connectivity index (χ0n) is 13.8. The molecule has 0 atom stereocenters. The van der Waals surface area contributed by atoms with Crippen LogP contribution in [0, 0.1) is 0 Å². The van der Waals surface area contributed by atoms with Gasteiger partial charge in [0.25, 0.3) is 0 Å². The summed E-state index contributed by atoms with van der Waals surface area (Å²) >= 11 is 0. The van der Waals surface area contributed by atoms with E-state index in [2.05, 4.69) is 31.1 Å². The number of hydrogen-bond donors (Lipinski definition) is 2. The molecule has 2 N–H and O–H groups in total. The van der Waals surface area contributed by atoms with Gasteiger partial charge in [0, 0.05) is 18.7 Å². The zero-order chi connectivity index (χ0) is 15.8. The first-order valence-electron chi connectivity index (χ1n) is 7.83. The lowest BCUT2D eigenvalue weighted by Crippen LogP contribution is -2.35. The molecule has 4 nitrogen and oxygen atoms in total. The van der Waals surface area contributed by atoms with E-state index >= 15 is 0 Å². The monoisotopic (exact) mass is 291 g/mol. The fourth-order valence-corrected chi connectivity index (χ4v) is 2.33. The Morgan fingerprint density at radius 2 is 2.05 bits per heavy atom. The van der Waals surface area contributed by atoms with Gasteiger partial charge in [-0.1, -0.05) is 39.3 Å². The van der Waals surface area contributed by atoms with Gasteiger partial charge >= 0.3 is 0 Å². The quantitative estimate of drug-likeness (QED) is 0.709. The third-order valence-electron chi connectivity index (χ3n) is 3.75. The molecule has 0 aromatic carbocycles. The number of allylic oxidation sites excluding steroid dienone is 2. The number of carbonyl (C=O) groups is 1. The molecule has 1 rings (SSSR count). The van der Waals surface area contributed by atoms with Gasteiger partial charge in [0.2, 0.25) is 5.91 Å². The number of amides is 1. The number of hydrogen-bond acceptors (Lipinski definition) is 3. The minimum atomic E-state index is 0.0238. The van der Waals surface area contributed by atoms with Crippen LogP contribution in [0.4, 0.5) is 0 Å². The maximum Gasteiger partial charge on any atom is 0.247 e. The average Bonchev–Trinajstić information content (AvgIpc) is 2.76. The van der Waals surface area contributed by atoms with Crippen LogP contribution in [0.5, 0.6) is 0 Å². The van der Waals surface area contributed by atoms with Crippen molar-refractivity contribution >= 4 is 5.91 Å². The summed E-state index contributed by atoms with van der Waals surface area (Å²) in [7, 11) is 1.99. The van der Waals surface area contributed by atoms with Gasteiger partial charge in [0.05, 0.1) is 18.1 Å². The second-order valence-electron chi connectivity index (χ2n) is 5.66. The minimum Gasteiger partial charge on any atom is -0.366 e. The smallest absolute Gasteiger partial charge is 0.247 e. The molecule has 1 amide bonds. The molecule has 0 aliphatic carbocycles. The Hall–Kier alpha value is -1.71. The molecule has 1 fully saturated rings. The first-order chi connectivity index (χ1) is 9.99. The fraction of sp³-hybridized carbons (Fsp3) is 0.588. The van der Waals surface area contributed by atoms with Crippen LogP contribution >= 0.6 is 0 Å². The largest absolute Gasteiger partial charge is 0.366 e. The Labute approximate surface area is 129 Å². The van der Waals surface area contributed by atoms with Crippen LogP contribution in [0.2, 0.25) is 0 Å². The second kappa shape index (κ2) is 8.55. The van der Waals surface area contributed by atoms with Crippen LogP contribution in [0.15, 0.2) is 35.7 Å². The normalized spacial score (nSPS) is 17.6. The first-order valence-corrected chi connectivity index (χ1v) is 7.83. The fourth-order valence-electron chi connectivity index (χ4n) is 2.33. The van der Waals surface area contributed by atoms with Crippen molar-refractivity contribution in [2.45, 2.75) is 52.5 Å². The molecule has 0 radical (unpaired) electrons. The minimum absolute atomic E-state index is 0.0238. The van der Waals surface area contributed by atoms with Crippen molar-refractivity contribution < 1.29 is 4.79 Å². The van der Waals surface area contributed by atoms with Crippen molar-refractivity contribution in [3.8, 4) is 0 Å². The molecular weight excluding hydrogens is 262 g/mol. The molecule has 0 spiro atoms. The SMILES string of the molecule is C=C1/C(=C\C=C(/C)C(=O)NC(CCC)CCC)NCN1C. The molecule has 21 heavy (non-hydrogen) atoms. The van der Waals surface area contributed by atoms with Gasteiger partial charge in [-0.2, -0.15) is 0 Å². The molecular formula is C17H29N3O. The molecule has 0 saturated carbocycles. The second-order valence-corrected chi connectivity index (χ2v) is 5.66. The zero-order valence-corrected chi connectivity index (χ0v) is 13.8. The number of likely N-dealkylation sites (N-methyl/N-ethyl adjacent to an activating group) is 1. The van der Waals surface area contributed by atoms with E-state index in [0.717, 1.165) is 49.3 Å². The summed E-state index contributed by atoms with van der Waals surface area (Å²) in [6.45, 7) is 10.9. The van der Waals surface area contributed by atoms with Crippen LogP contribution in [0.3, 0.4) is 0 Å². The number of nitrogens with one attached hydrogen (secondary N) is 2. The van der Waals surface area contributed by atoms with E-state index in [0.29, 0.717) is 0 Å². The highest BCUT2D eigenvalue weighted by atomic mass is 16.1. The predicted molar refractivity (Wildman–Crippen MR) is 88.5 cm³/mol. The molecule has 118 valence electrons. The molecule has 0 unspecified atom stereocenters. The predicted octanol–water partition coefficient (Wildman–Crippen LogP) is 2.91. The van der Waals surface area contributed by atoms with Gasteiger partial charge in [-0.15, -0.1) is 0 Å². The van der Waals surface area contributed by atoms with E-state index in [1.807, 2.05) is 31.0 Å². The van der Waals surface area contributed by atoms with Gasteiger partial charge in [-0.05, 0) is 25.8 Å². The van der Waals surface area contributed by atoms with Crippen molar-refractivity contribution in [2.24, 2.45) is 0 Å². The summed E-state index contributed by atoms with van der Waals surface area (Å²) < 4.78 is 0. The van der Waals surface area contributed by atoms with E-state index in [9.17, 15) is 4.79 Å². The van der Waals surface area contributed by atoms with Gasteiger partial charge in [0.1, 0.15) is 0 Å². The van der Waals surface area contributed by atoms with E-state index in [1.165, 1.54) is 0 Å². The first kappa shape index (κ1) is 17.3. The van der Waals surface area contributed by atoms with E-state index in [4.69, 9.17) is 0 Å². The van der Waals surface area contributed by atoms with Gasteiger partial charge in [0.15, 0.2) is 0 Å². The van der Waals surface area contributed by atoms with Crippen molar-refractivity contribution in [2.75, 3.05) is 13.7 Å². The molecule has 0 aromatic rings. The molecule has 4 heteroatoms. The highest BCUT2D eigenvalue weighted by Gasteiger charge is 2.15. The third-order valence-corrected chi connectivity index (χ3v) is 3.75. The van der Waals surface area contributed by atoms with Crippen molar-refractivity contribution in [1.29, 1.82) is 0 Å².